The number of hydrogen-bond donors (Lipinski definition) is 1. The van der Waals surface area contributed by atoms with Crippen molar-refractivity contribution in [1.82, 2.24) is 10.2 Å². The van der Waals surface area contributed by atoms with Gasteiger partial charge in [0.2, 0.25) is 0 Å². The normalized spacial score (nSPS) is 10.9. The summed E-state index contributed by atoms with van der Waals surface area (Å²) in [5.41, 5.74) is 2.23. The van der Waals surface area contributed by atoms with E-state index in [0.717, 1.165) is 12.1 Å². The monoisotopic (exact) mass is 396 g/mol. The molecule has 2 rings (SSSR count). The van der Waals surface area contributed by atoms with Crippen LogP contribution in [0.25, 0.3) is 0 Å². The van der Waals surface area contributed by atoms with Crippen LogP contribution in [0, 0.1) is 6.92 Å². The van der Waals surface area contributed by atoms with Gasteiger partial charge in [0.25, 0.3) is 5.91 Å². The summed E-state index contributed by atoms with van der Waals surface area (Å²) in [6.07, 6.45) is 0. The van der Waals surface area contributed by atoms with Crippen LogP contribution < -0.4 is 5.32 Å². The molecule has 1 amide bonds. The van der Waals surface area contributed by atoms with Crippen molar-refractivity contribution in [2.75, 3.05) is 27.2 Å². The number of sulfone groups is 1. The number of nitrogens with one attached hydrogen (secondary N) is 1. The maximum Gasteiger partial charge on any atom is 0.253 e. The Kier molecular flexibility index (Phi) is 8.27. The fourth-order valence-electron chi connectivity index (χ4n) is 2.39. The van der Waals surface area contributed by atoms with Gasteiger partial charge in [0.15, 0.2) is 9.84 Å². The highest BCUT2D eigenvalue weighted by Gasteiger charge is 2.16. The molecule has 1 N–H and O–H groups in total. The Labute approximate surface area is 161 Å². The molecule has 0 aliphatic heterocycles. The van der Waals surface area contributed by atoms with Gasteiger partial charge in [-0.2, -0.15) is 0 Å². The van der Waals surface area contributed by atoms with Gasteiger partial charge in [0.1, 0.15) is 0 Å². The predicted molar refractivity (Wildman–Crippen MR) is 107 cm³/mol. The van der Waals surface area contributed by atoms with Crippen molar-refractivity contribution in [2.45, 2.75) is 17.6 Å². The highest BCUT2D eigenvalue weighted by atomic mass is 35.5. The standard InChI is InChI=1S/C19H24N2O3S.ClH/c1-15-4-10-18(11-5-15)25(23,24)14-16-6-8-17(9-7-16)19(22)21(3)13-12-20-2;/h4-11,20H,12-14H2,1-3H3;1H. The summed E-state index contributed by atoms with van der Waals surface area (Å²) in [7, 11) is 0.185. The second-order valence-electron chi connectivity index (χ2n) is 6.10. The number of carbonyl (C=O) groups excluding carboxylic acids is 1. The molecular weight excluding hydrogens is 372 g/mol. The Bertz CT molecular complexity index is 819. The average Bonchev–Trinajstić information content (AvgIpc) is 2.59. The lowest BCUT2D eigenvalue weighted by Crippen LogP contribution is -2.32. The molecule has 0 unspecified atom stereocenters. The molecule has 0 bridgehead atoms. The zero-order valence-corrected chi connectivity index (χ0v) is 16.9. The first-order chi connectivity index (χ1) is 11.8. The number of hydrogen-bond acceptors (Lipinski definition) is 4. The minimum Gasteiger partial charge on any atom is -0.340 e. The topological polar surface area (TPSA) is 66.5 Å². The second-order valence-corrected chi connectivity index (χ2v) is 8.09. The molecule has 2 aromatic rings. The van der Waals surface area contributed by atoms with E-state index in [1.807, 2.05) is 14.0 Å². The first-order valence-electron chi connectivity index (χ1n) is 8.12. The Hall–Kier alpha value is -1.89. The van der Waals surface area contributed by atoms with Gasteiger partial charge in [-0.3, -0.25) is 4.79 Å². The smallest absolute Gasteiger partial charge is 0.253 e. The fourth-order valence-corrected chi connectivity index (χ4v) is 3.74. The van der Waals surface area contributed by atoms with Gasteiger partial charge in [0.05, 0.1) is 10.6 Å². The minimum absolute atomic E-state index is 0. The van der Waals surface area contributed by atoms with Crippen LogP contribution in [0.15, 0.2) is 53.4 Å². The SMILES string of the molecule is CNCCN(C)C(=O)c1ccc(CS(=O)(=O)c2ccc(C)cc2)cc1.Cl. The van der Waals surface area contributed by atoms with Crippen molar-refractivity contribution >= 4 is 28.2 Å². The maximum atomic E-state index is 12.5. The second kappa shape index (κ2) is 9.71. The van der Waals surface area contributed by atoms with Crippen LogP contribution in [-0.2, 0) is 15.6 Å². The number of likely N-dealkylation sites (N-methyl/N-ethyl adjacent to an activating group) is 2. The summed E-state index contributed by atoms with van der Waals surface area (Å²) < 4.78 is 25.0. The van der Waals surface area contributed by atoms with Gasteiger partial charge >= 0.3 is 0 Å². The molecule has 5 nitrogen and oxygen atoms in total. The van der Waals surface area contributed by atoms with Crippen LogP contribution in [0.3, 0.4) is 0 Å². The van der Waals surface area contributed by atoms with Crippen LogP contribution in [0.1, 0.15) is 21.5 Å². The highest BCUT2D eigenvalue weighted by Crippen LogP contribution is 2.18. The third-order valence-electron chi connectivity index (χ3n) is 3.98. The number of aryl methyl sites for hydroxylation is 1. The van der Waals surface area contributed by atoms with Gasteiger partial charge in [-0.15, -0.1) is 12.4 Å². The lowest BCUT2D eigenvalue weighted by Gasteiger charge is -2.17. The molecule has 2 aromatic carbocycles. The van der Waals surface area contributed by atoms with Crippen molar-refractivity contribution in [3.63, 3.8) is 0 Å². The summed E-state index contributed by atoms with van der Waals surface area (Å²) in [5, 5.41) is 3.00. The van der Waals surface area contributed by atoms with E-state index in [1.165, 1.54) is 0 Å². The van der Waals surface area contributed by atoms with Gasteiger partial charge in [-0.1, -0.05) is 29.8 Å². The average molecular weight is 397 g/mol. The van der Waals surface area contributed by atoms with Crippen molar-refractivity contribution in [2.24, 2.45) is 0 Å². The molecule has 26 heavy (non-hydrogen) atoms. The van der Waals surface area contributed by atoms with Gasteiger partial charge in [0, 0.05) is 25.7 Å². The zero-order valence-electron chi connectivity index (χ0n) is 15.2. The number of halogens is 1. The van der Waals surface area contributed by atoms with Crippen LogP contribution in [0.4, 0.5) is 0 Å². The van der Waals surface area contributed by atoms with Crippen molar-refractivity contribution in [3.8, 4) is 0 Å². The number of rotatable bonds is 7. The molecule has 0 atom stereocenters. The molecule has 0 fully saturated rings. The third-order valence-corrected chi connectivity index (χ3v) is 5.69. The third kappa shape index (κ3) is 5.83. The van der Waals surface area contributed by atoms with E-state index in [0.29, 0.717) is 22.6 Å². The Morgan fingerprint density at radius 3 is 2.15 bits per heavy atom. The fraction of sp³-hybridized carbons (Fsp3) is 0.316. The van der Waals surface area contributed by atoms with E-state index >= 15 is 0 Å². The van der Waals surface area contributed by atoms with E-state index in [2.05, 4.69) is 5.32 Å². The molecule has 7 heteroatoms. The van der Waals surface area contributed by atoms with Crippen LogP contribution >= 0.6 is 12.4 Å². The van der Waals surface area contributed by atoms with Crippen molar-refractivity contribution in [3.05, 3.63) is 65.2 Å². The first kappa shape index (κ1) is 22.2. The van der Waals surface area contributed by atoms with Crippen molar-refractivity contribution < 1.29 is 13.2 Å². The molecule has 0 aliphatic carbocycles. The Balaban J connectivity index is 0.00000338. The van der Waals surface area contributed by atoms with Gasteiger partial charge in [-0.05, 0) is 43.8 Å². The van der Waals surface area contributed by atoms with Crippen molar-refractivity contribution in [1.29, 1.82) is 0 Å². The summed E-state index contributed by atoms with van der Waals surface area (Å²) in [6, 6.07) is 13.6. The molecule has 0 saturated carbocycles. The Morgan fingerprint density at radius 2 is 1.62 bits per heavy atom. The number of nitrogens with zero attached hydrogens (tertiary/aromatic N) is 1. The summed E-state index contributed by atoms with van der Waals surface area (Å²) in [4.78, 5) is 14.2. The van der Waals surface area contributed by atoms with E-state index < -0.39 is 9.84 Å². The quantitative estimate of drug-likeness (QED) is 0.781. The molecule has 142 valence electrons. The van der Waals surface area contributed by atoms with E-state index in [4.69, 9.17) is 0 Å². The van der Waals surface area contributed by atoms with Gasteiger partial charge in [-0.25, -0.2) is 8.42 Å². The molecule has 0 aromatic heterocycles. The summed E-state index contributed by atoms with van der Waals surface area (Å²) in [5.74, 6) is -0.164. The lowest BCUT2D eigenvalue weighted by molar-refractivity contribution is 0.0797. The predicted octanol–water partition coefficient (Wildman–Crippen LogP) is 2.68. The molecule has 0 heterocycles. The summed E-state index contributed by atoms with van der Waals surface area (Å²) >= 11 is 0. The van der Waals surface area contributed by atoms with E-state index in [9.17, 15) is 13.2 Å². The lowest BCUT2D eigenvalue weighted by atomic mass is 10.1. The maximum absolute atomic E-state index is 12.5. The number of benzene rings is 2. The molecule has 0 spiro atoms. The molecule has 0 aliphatic rings. The zero-order chi connectivity index (χ0) is 18.4. The summed E-state index contributed by atoms with van der Waals surface area (Å²) in [6.45, 7) is 3.24. The first-order valence-corrected chi connectivity index (χ1v) is 9.77. The van der Waals surface area contributed by atoms with Crippen LogP contribution in [0.5, 0.6) is 0 Å². The highest BCUT2D eigenvalue weighted by molar-refractivity contribution is 7.90. The number of amides is 1. The van der Waals surface area contributed by atoms with E-state index in [1.54, 1.807) is 60.5 Å². The Morgan fingerprint density at radius 1 is 1.04 bits per heavy atom. The molecule has 0 radical (unpaired) electrons. The molecule has 0 saturated heterocycles. The minimum atomic E-state index is -3.40. The largest absolute Gasteiger partial charge is 0.340 e. The van der Waals surface area contributed by atoms with Crippen LogP contribution in [-0.4, -0.2) is 46.4 Å². The number of carbonyl (C=O) groups is 1. The van der Waals surface area contributed by atoms with Gasteiger partial charge < -0.3 is 10.2 Å². The van der Waals surface area contributed by atoms with E-state index in [-0.39, 0.29) is 24.1 Å². The molecular formula is C19H25ClN2O3S. The van der Waals surface area contributed by atoms with Crippen LogP contribution in [0.2, 0.25) is 0 Å².